The van der Waals surface area contributed by atoms with Gasteiger partial charge in [-0.05, 0) is 36.9 Å². The summed E-state index contributed by atoms with van der Waals surface area (Å²) in [5.74, 6) is 0. The monoisotopic (exact) mass is 376 g/mol. The van der Waals surface area contributed by atoms with Crippen molar-refractivity contribution in [2.75, 3.05) is 52.2 Å². The highest BCUT2D eigenvalue weighted by Gasteiger charge is 2.34. The van der Waals surface area contributed by atoms with Crippen LogP contribution in [-0.4, -0.2) is 62.0 Å². The maximum Gasteiger partial charge on any atom is 0.416 e. The molecule has 2 rings (SSSR count). The normalized spacial score (nSPS) is 17.8. The quantitative estimate of drug-likeness (QED) is 0.701. The molecule has 7 heteroatoms. The molecule has 1 aromatic carbocycles. The number of nitrogens with zero attached hydrogens (tertiary/aromatic N) is 2. The second-order valence-electron chi connectivity index (χ2n) is 7.26. The summed E-state index contributed by atoms with van der Waals surface area (Å²) in [4.78, 5) is 4.32. The van der Waals surface area contributed by atoms with Gasteiger partial charge in [0.2, 0.25) is 0 Å². The lowest BCUT2D eigenvalue weighted by Gasteiger charge is -2.35. The lowest BCUT2D eigenvalue weighted by molar-refractivity contribution is -0.138. The van der Waals surface area contributed by atoms with Gasteiger partial charge in [0.15, 0.2) is 0 Å². The van der Waals surface area contributed by atoms with Gasteiger partial charge in [-0.15, -0.1) is 0 Å². The zero-order valence-corrected chi connectivity index (χ0v) is 16.2. The predicted molar refractivity (Wildman–Crippen MR) is 96.9 cm³/mol. The Hall–Kier alpha value is -0.840. The molecule has 0 spiro atoms. The summed E-state index contributed by atoms with van der Waals surface area (Å²) >= 11 is 0. The van der Waals surface area contributed by atoms with E-state index in [0.717, 1.165) is 32.7 Å². The van der Waals surface area contributed by atoms with E-state index in [1.54, 1.807) is 25.5 Å². The summed E-state index contributed by atoms with van der Waals surface area (Å²) in [7, 11) is -2.02. The Morgan fingerprint density at radius 3 is 2.20 bits per heavy atom. The van der Waals surface area contributed by atoms with Gasteiger partial charge in [0.1, 0.15) is 0 Å². The van der Waals surface area contributed by atoms with Crippen molar-refractivity contribution in [3.05, 3.63) is 34.9 Å². The van der Waals surface area contributed by atoms with Gasteiger partial charge in [-0.2, -0.15) is 13.2 Å². The fraction of sp³-hybridized carbons (Fsp3) is 0.667. The summed E-state index contributed by atoms with van der Waals surface area (Å²) in [5.41, 5.74) is 0.557. The van der Waals surface area contributed by atoms with Crippen LogP contribution < -0.4 is 0 Å². The average Bonchev–Trinajstić information content (AvgIpc) is 2.53. The Morgan fingerprint density at radius 1 is 1.08 bits per heavy atom. The van der Waals surface area contributed by atoms with Crippen molar-refractivity contribution in [1.29, 1.82) is 0 Å². The largest absolute Gasteiger partial charge is 0.416 e. The average molecular weight is 376 g/mol. The molecule has 1 aliphatic heterocycles. The molecule has 0 N–H and O–H groups in total. The minimum absolute atomic E-state index is 0.326. The molecule has 0 atom stereocenters. The fourth-order valence-corrected chi connectivity index (χ4v) is 3.80. The second kappa shape index (κ2) is 8.24. The van der Waals surface area contributed by atoms with Crippen molar-refractivity contribution in [2.45, 2.75) is 26.1 Å². The fourth-order valence-electron chi connectivity index (χ4n) is 3.04. The third-order valence-corrected chi connectivity index (χ3v) is 5.98. The molecule has 0 unspecified atom stereocenters. The van der Waals surface area contributed by atoms with Crippen molar-refractivity contribution in [2.24, 2.45) is 0 Å². The highest BCUT2D eigenvalue weighted by Crippen LogP contribution is 2.35. The van der Waals surface area contributed by atoms with E-state index in [1.165, 1.54) is 6.07 Å². The Balaban J connectivity index is 1.97. The number of benzene rings is 1. The van der Waals surface area contributed by atoms with Crippen LogP contribution >= 0.6 is 7.14 Å². The van der Waals surface area contributed by atoms with E-state index in [0.29, 0.717) is 30.3 Å². The smallest absolute Gasteiger partial charge is 0.324 e. The molecule has 1 saturated heterocycles. The first-order valence-electron chi connectivity index (χ1n) is 8.76. The third-order valence-electron chi connectivity index (χ3n) is 4.70. The number of piperazine rings is 1. The molecule has 0 radical (unpaired) electrons. The van der Waals surface area contributed by atoms with E-state index in [4.69, 9.17) is 0 Å². The summed E-state index contributed by atoms with van der Waals surface area (Å²) in [6.45, 7) is 9.69. The van der Waals surface area contributed by atoms with Gasteiger partial charge in [-0.3, -0.25) is 4.90 Å². The lowest BCUT2D eigenvalue weighted by atomic mass is 10.0. The number of aryl methyl sites for hydroxylation is 1. The number of alkyl halides is 3. The number of hydrogen-bond acceptors (Lipinski definition) is 3. The SMILES string of the molecule is CCc1ccc(CN2CCN(CCP(C)(C)=O)CC2)c(C(F)(F)F)c1. The van der Waals surface area contributed by atoms with E-state index >= 15 is 0 Å². The summed E-state index contributed by atoms with van der Waals surface area (Å²) in [6.07, 6.45) is -3.02. The Labute approximate surface area is 148 Å². The lowest BCUT2D eigenvalue weighted by Crippen LogP contribution is -2.46. The highest BCUT2D eigenvalue weighted by molar-refractivity contribution is 7.62. The van der Waals surface area contributed by atoms with Crippen LogP contribution in [0.2, 0.25) is 0 Å². The third kappa shape index (κ3) is 6.43. The predicted octanol–water partition coefficient (Wildman–Crippen LogP) is 4.01. The first-order chi connectivity index (χ1) is 11.6. The number of halogens is 3. The first-order valence-corrected chi connectivity index (χ1v) is 11.5. The minimum Gasteiger partial charge on any atom is -0.324 e. The molecule has 0 saturated carbocycles. The molecular weight excluding hydrogens is 348 g/mol. The molecule has 1 aliphatic rings. The van der Waals surface area contributed by atoms with Crippen LogP contribution in [0.4, 0.5) is 13.2 Å². The van der Waals surface area contributed by atoms with Crippen LogP contribution in [0.25, 0.3) is 0 Å². The van der Waals surface area contributed by atoms with E-state index in [2.05, 4.69) is 9.80 Å². The van der Waals surface area contributed by atoms with Crippen LogP contribution in [-0.2, 0) is 23.7 Å². The van der Waals surface area contributed by atoms with Crippen LogP contribution in [0, 0.1) is 0 Å². The molecule has 3 nitrogen and oxygen atoms in total. The van der Waals surface area contributed by atoms with Crippen molar-refractivity contribution in [3.63, 3.8) is 0 Å². The standard InChI is InChI=1S/C18H28F3N2OP/c1-4-15-5-6-16(17(13-15)18(19,20)21)14-23-9-7-22(8-10-23)11-12-25(2,3)24/h5-6,13H,4,7-12,14H2,1-3H3. The zero-order chi connectivity index (χ0) is 18.7. The topological polar surface area (TPSA) is 23.6 Å². The molecule has 142 valence electrons. The van der Waals surface area contributed by atoms with E-state index in [-0.39, 0.29) is 0 Å². The first kappa shape index (κ1) is 20.5. The molecule has 1 aromatic rings. The minimum atomic E-state index is -4.31. The van der Waals surface area contributed by atoms with Crippen LogP contribution in [0.3, 0.4) is 0 Å². The van der Waals surface area contributed by atoms with Gasteiger partial charge in [-0.1, -0.05) is 19.1 Å². The van der Waals surface area contributed by atoms with Crippen LogP contribution in [0.5, 0.6) is 0 Å². The molecular formula is C18H28F3N2OP. The van der Waals surface area contributed by atoms with E-state index in [9.17, 15) is 17.7 Å². The van der Waals surface area contributed by atoms with Gasteiger partial charge < -0.3 is 9.46 Å². The summed E-state index contributed by atoms with van der Waals surface area (Å²) < 4.78 is 51.8. The van der Waals surface area contributed by atoms with Crippen molar-refractivity contribution < 1.29 is 17.7 Å². The molecule has 0 aliphatic carbocycles. The number of rotatable bonds is 6. The van der Waals surface area contributed by atoms with E-state index < -0.39 is 18.9 Å². The molecule has 1 fully saturated rings. The highest BCUT2D eigenvalue weighted by atomic mass is 31.2. The van der Waals surface area contributed by atoms with Gasteiger partial charge in [0.25, 0.3) is 0 Å². The van der Waals surface area contributed by atoms with Gasteiger partial charge in [0, 0.05) is 45.4 Å². The van der Waals surface area contributed by atoms with Crippen molar-refractivity contribution >= 4 is 7.14 Å². The molecule has 0 bridgehead atoms. The second-order valence-corrected chi connectivity index (χ2v) is 10.9. The van der Waals surface area contributed by atoms with Crippen molar-refractivity contribution in [1.82, 2.24) is 9.80 Å². The maximum absolute atomic E-state index is 13.3. The van der Waals surface area contributed by atoms with Crippen LogP contribution in [0.15, 0.2) is 18.2 Å². The van der Waals surface area contributed by atoms with E-state index in [1.807, 2.05) is 6.92 Å². The Morgan fingerprint density at radius 2 is 1.68 bits per heavy atom. The Kier molecular flexibility index (Phi) is 6.74. The molecule has 25 heavy (non-hydrogen) atoms. The van der Waals surface area contributed by atoms with Crippen LogP contribution in [0.1, 0.15) is 23.6 Å². The molecule has 0 aromatic heterocycles. The summed E-state index contributed by atoms with van der Waals surface area (Å²) in [5, 5.41) is 0. The molecule has 1 heterocycles. The van der Waals surface area contributed by atoms with Gasteiger partial charge in [-0.25, -0.2) is 0 Å². The van der Waals surface area contributed by atoms with Crippen molar-refractivity contribution in [3.8, 4) is 0 Å². The van der Waals surface area contributed by atoms with Gasteiger partial charge in [0.05, 0.1) is 12.7 Å². The maximum atomic E-state index is 13.3. The Bertz CT molecular complexity index is 619. The van der Waals surface area contributed by atoms with Gasteiger partial charge >= 0.3 is 6.18 Å². The number of hydrogen-bond donors (Lipinski definition) is 0. The summed E-state index contributed by atoms with van der Waals surface area (Å²) in [6, 6.07) is 4.70. The molecule has 0 amide bonds. The zero-order valence-electron chi connectivity index (χ0n) is 15.3.